The number of piperidine rings is 1. The largest absolute Gasteiger partial charge is 0.372 e. The molecule has 148 valence electrons. The molecule has 0 saturated carbocycles. The monoisotopic (exact) mass is 372 g/mol. The van der Waals surface area contributed by atoms with Gasteiger partial charge >= 0.3 is 6.03 Å². The number of amides is 3. The summed E-state index contributed by atoms with van der Waals surface area (Å²) in [5.74, 6) is 0.261. The fourth-order valence-electron chi connectivity index (χ4n) is 3.91. The van der Waals surface area contributed by atoms with Gasteiger partial charge in [0.1, 0.15) is 6.04 Å². The number of urea groups is 1. The fraction of sp³-hybridized carbons (Fsp3) is 0.619. The molecular formula is C21H32N4O2. The Morgan fingerprint density at radius 1 is 1.11 bits per heavy atom. The van der Waals surface area contributed by atoms with Gasteiger partial charge in [-0.15, -0.1) is 0 Å². The maximum absolute atomic E-state index is 12.5. The molecule has 1 aromatic carbocycles. The summed E-state index contributed by atoms with van der Waals surface area (Å²) in [6.45, 7) is 7.41. The van der Waals surface area contributed by atoms with Crippen molar-refractivity contribution in [1.29, 1.82) is 0 Å². The maximum atomic E-state index is 12.5. The van der Waals surface area contributed by atoms with Crippen molar-refractivity contribution < 1.29 is 9.59 Å². The Balaban J connectivity index is 1.53. The third-order valence-corrected chi connectivity index (χ3v) is 5.31. The van der Waals surface area contributed by atoms with E-state index in [4.69, 9.17) is 0 Å². The van der Waals surface area contributed by atoms with E-state index >= 15 is 0 Å². The van der Waals surface area contributed by atoms with Crippen molar-refractivity contribution in [2.75, 3.05) is 31.7 Å². The molecule has 0 unspecified atom stereocenters. The third-order valence-electron chi connectivity index (χ3n) is 5.31. The van der Waals surface area contributed by atoms with Crippen LogP contribution in [-0.2, 0) is 11.3 Å². The van der Waals surface area contributed by atoms with Gasteiger partial charge in [0.15, 0.2) is 0 Å². The first-order chi connectivity index (χ1) is 12.9. The Bertz CT molecular complexity index is 653. The Morgan fingerprint density at radius 2 is 1.78 bits per heavy atom. The van der Waals surface area contributed by atoms with Gasteiger partial charge in [-0.3, -0.25) is 9.69 Å². The first-order valence-electron chi connectivity index (χ1n) is 10.1. The zero-order chi connectivity index (χ0) is 19.4. The standard InChI is InChI=1S/C21H32N4O2/c1-16(2)13-19-20(26)25(21(27)22-19)15-23(3)14-17-7-9-18(10-8-17)24-11-5-4-6-12-24/h7-10,16,19H,4-6,11-15H2,1-3H3,(H,22,27)/t19-/m0/s1. The predicted octanol–water partition coefficient (Wildman–Crippen LogP) is 3.03. The summed E-state index contributed by atoms with van der Waals surface area (Å²) >= 11 is 0. The molecule has 0 radical (unpaired) electrons. The van der Waals surface area contributed by atoms with E-state index in [1.807, 2.05) is 11.9 Å². The van der Waals surface area contributed by atoms with E-state index in [0.29, 0.717) is 25.6 Å². The average Bonchev–Trinajstić information content (AvgIpc) is 2.90. The molecular weight excluding hydrogens is 340 g/mol. The number of carbonyl (C=O) groups is 2. The Kier molecular flexibility index (Phi) is 6.37. The Hall–Kier alpha value is -2.08. The van der Waals surface area contributed by atoms with Gasteiger partial charge < -0.3 is 10.2 Å². The summed E-state index contributed by atoms with van der Waals surface area (Å²) in [7, 11) is 1.94. The lowest BCUT2D eigenvalue weighted by atomic mass is 10.0. The molecule has 3 amide bonds. The van der Waals surface area contributed by atoms with E-state index in [9.17, 15) is 9.59 Å². The van der Waals surface area contributed by atoms with Gasteiger partial charge in [-0.2, -0.15) is 0 Å². The highest BCUT2D eigenvalue weighted by Gasteiger charge is 2.38. The molecule has 6 heteroatoms. The second-order valence-corrected chi connectivity index (χ2v) is 8.27. The van der Waals surface area contributed by atoms with Crippen molar-refractivity contribution in [3.05, 3.63) is 29.8 Å². The van der Waals surface area contributed by atoms with Crippen molar-refractivity contribution in [2.24, 2.45) is 5.92 Å². The van der Waals surface area contributed by atoms with Crippen LogP contribution >= 0.6 is 0 Å². The molecule has 2 aliphatic rings. The summed E-state index contributed by atoms with van der Waals surface area (Å²) < 4.78 is 0. The zero-order valence-electron chi connectivity index (χ0n) is 16.8. The van der Waals surface area contributed by atoms with Crippen LogP contribution in [0.25, 0.3) is 0 Å². The second kappa shape index (κ2) is 8.74. The molecule has 6 nitrogen and oxygen atoms in total. The minimum absolute atomic E-state index is 0.110. The second-order valence-electron chi connectivity index (χ2n) is 8.27. The molecule has 0 spiro atoms. The molecule has 1 atom stereocenters. The van der Waals surface area contributed by atoms with Crippen LogP contribution in [0, 0.1) is 5.92 Å². The number of anilines is 1. The lowest BCUT2D eigenvalue weighted by Gasteiger charge is -2.29. The molecule has 1 aromatic rings. The normalized spacial score (nSPS) is 20.7. The van der Waals surface area contributed by atoms with Gasteiger partial charge in [0.05, 0.1) is 6.67 Å². The highest BCUT2D eigenvalue weighted by atomic mass is 16.2. The fourth-order valence-corrected chi connectivity index (χ4v) is 3.91. The van der Waals surface area contributed by atoms with Crippen LogP contribution in [0.5, 0.6) is 0 Å². The van der Waals surface area contributed by atoms with Gasteiger partial charge in [0, 0.05) is 25.3 Å². The highest BCUT2D eigenvalue weighted by Crippen LogP contribution is 2.21. The van der Waals surface area contributed by atoms with Crippen LogP contribution in [-0.4, -0.2) is 54.6 Å². The molecule has 1 N–H and O–H groups in total. The molecule has 0 aromatic heterocycles. The maximum Gasteiger partial charge on any atom is 0.325 e. The van der Waals surface area contributed by atoms with Crippen LogP contribution in [0.4, 0.5) is 10.5 Å². The van der Waals surface area contributed by atoms with E-state index in [1.165, 1.54) is 35.4 Å². The quantitative estimate of drug-likeness (QED) is 0.748. The number of rotatable bonds is 7. The van der Waals surface area contributed by atoms with Crippen LogP contribution < -0.4 is 10.2 Å². The molecule has 2 saturated heterocycles. The minimum atomic E-state index is -0.380. The van der Waals surface area contributed by atoms with E-state index in [0.717, 1.165) is 13.1 Å². The van der Waals surface area contributed by atoms with Gasteiger partial charge in [-0.25, -0.2) is 9.69 Å². The Morgan fingerprint density at radius 3 is 2.41 bits per heavy atom. The third kappa shape index (κ3) is 5.01. The van der Waals surface area contributed by atoms with E-state index < -0.39 is 0 Å². The van der Waals surface area contributed by atoms with E-state index in [1.54, 1.807) is 0 Å². The minimum Gasteiger partial charge on any atom is -0.372 e. The molecule has 2 fully saturated rings. The number of hydrogen-bond acceptors (Lipinski definition) is 4. The number of nitrogens with one attached hydrogen (secondary N) is 1. The summed E-state index contributed by atoms with van der Waals surface area (Å²) in [6, 6.07) is 8.00. The molecule has 0 aliphatic carbocycles. The first-order valence-corrected chi connectivity index (χ1v) is 10.1. The van der Waals surface area contributed by atoms with Crippen molar-refractivity contribution in [3.63, 3.8) is 0 Å². The van der Waals surface area contributed by atoms with Crippen molar-refractivity contribution in [3.8, 4) is 0 Å². The SMILES string of the molecule is CC(C)C[C@@H]1NC(=O)N(CN(C)Cc2ccc(N3CCCCC3)cc2)C1=O. The summed E-state index contributed by atoms with van der Waals surface area (Å²) in [4.78, 5) is 30.4. The lowest BCUT2D eigenvalue weighted by molar-refractivity contribution is -0.129. The number of carbonyl (C=O) groups excluding carboxylic acids is 2. The molecule has 0 bridgehead atoms. The average molecular weight is 373 g/mol. The highest BCUT2D eigenvalue weighted by molar-refractivity contribution is 6.04. The van der Waals surface area contributed by atoms with Crippen molar-refractivity contribution in [1.82, 2.24) is 15.1 Å². The molecule has 27 heavy (non-hydrogen) atoms. The summed E-state index contributed by atoms with van der Waals surface area (Å²) in [5, 5.41) is 2.80. The topological polar surface area (TPSA) is 55.9 Å². The lowest BCUT2D eigenvalue weighted by Crippen LogP contribution is -2.40. The van der Waals surface area contributed by atoms with Gasteiger partial charge in [-0.05, 0) is 56.3 Å². The zero-order valence-corrected chi connectivity index (χ0v) is 16.8. The summed E-state index contributed by atoms with van der Waals surface area (Å²) in [6.07, 6.45) is 4.56. The van der Waals surface area contributed by atoms with E-state index in [-0.39, 0.29) is 18.0 Å². The molecule has 2 aliphatic heterocycles. The van der Waals surface area contributed by atoms with Crippen LogP contribution in [0.15, 0.2) is 24.3 Å². The number of benzene rings is 1. The van der Waals surface area contributed by atoms with Gasteiger partial charge in [0.2, 0.25) is 0 Å². The molecule has 3 rings (SSSR count). The number of imide groups is 1. The number of nitrogens with zero attached hydrogens (tertiary/aromatic N) is 3. The smallest absolute Gasteiger partial charge is 0.325 e. The predicted molar refractivity (Wildman–Crippen MR) is 107 cm³/mol. The Labute approximate surface area is 162 Å². The van der Waals surface area contributed by atoms with Crippen LogP contribution in [0.3, 0.4) is 0 Å². The van der Waals surface area contributed by atoms with E-state index in [2.05, 4.69) is 48.3 Å². The van der Waals surface area contributed by atoms with Crippen molar-refractivity contribution in [2.45, 2.75) is 52.1 Å². The summed E-state index contributed by atoms with van der Waals surface area (Å²) in [5.41, 5.74) is 2.47. The van der Waals surface area contributed by atoms with Crippen LogP contribution in [0.1, 0.15) is 45.1 Å². The molecule has 2 heterocycles. The van der Waals surface area contributed by atoms with Crippen LogP contribution in [0.2, 0.25) is 0 Å². The van der Waals surface area contributed by atoms with Crippen molar-refractivity contribution >= 4 is 17.6 Å². The van der Waals surface area contributed by atoms with Gasteiger partial charge in [0.25, 0.3) is 5.91 Å². The first kappa shape index (κ1) is 19.7. The number of hydrogen-bond donors (Lipinski definition) is 1. The van der Waals surface area contributed by atoms with Gasteiger partial charge in [-0.1, -0.05) is 26.0 Å².